The number of carbonyl (C=O) groups is 3. The smallest absolute Gasteiger partial charge is 0.352 e. The van der Waals surface area contributed by atoms with E-state index in [0.29, 0.717) is 31.5 Å². The molecule has 0 aromatic heterocycles. The Hall–Kier alpha value is -3.36. The summed E-state index contributed by atoms with van der Waals surface area (Å²) in [4.78, 5) is 40.2. The lowest BCUT2D eigenvalue weighted by Gasteiger charge is -2.36. The molecule has 35 heavy (non-hydrogen) atoms. The third kappa shape index (κ3) is 6.21. The van der Waals surface area contributed by atoms with E-state index < -0.39 is 17.8 Å². The summed E-state index contributed by atoms with van der Waals surface area (Å²) >= 11 is 0. The molecule has 1 aliphatic heterocycles. The first-order chi connectivity index (χ1) is 16.6. The minimum absolute atomic E-state index is 0.141. The molecule has 6 nitrogen and oxygen atoms in total. The van der Waals surface area contributed by atoms with Crippen molar-refractivity contribution < 1.29 is 27.6 Å². The van der Waals surface area contributed by atoms with E-state index in [1.807, 2.05) is 13.0 Å². The molecule has 1 saturated carbocycles. The zero-order chi connectivity index (χ0) is 25.2. The summed E-state index contributed by atoms with van der Waals surface area (Å²) in [6.07, 6.45) is -1.64. The Morgan fingerprint density at radius 3 is 2.17 bits per heavy atom. The highest BCUT2D eigenvalue weighted by atomic mass is 19.4. The van der Waals surface area contributed by atoms with E-state index in [1.165, 1.54) is 12.1 Å². The Balaban J connectivity index is 1.41. The standard InChI is InChI=1S/C26H28F3N3O3/c1-16-3-2-4-19(15-16)23(33)31-22(24(34)30-21-9-10-21)17-11-13-32(14-12-17)25(35)18-5-7-20(8-6-18)26(27,28)29/h2-8,15,17,21-22H,9-14H2,1H3,(H,30,34)(H,31,33)/t22-/m1/s1. The highest BCUT2D eigenvalue weighted by molar-refractivity contribution is 5.98. The van der Waals surface area contributed by atoms with Crippen LogP contribution in [0, 0.1) is 12.8 Å². The zero-order valence-electron chi connectivity index (χ0n) is 19.4. The van der Waals surface area contributed by atoms with Gasteiger partial charge in [0.1, 0.15) is 6.04 Å². The summed E-state index contributed by atoms with van der Waals surface area (Å²) in [5, 5.41) is 5.87. The number of piperidine rings is 1. The van der Waals surface area contributed by atoms with Gasteiger partial charge in [0, 0.05) is 30.3 Å². The van der Waals surface area contributed by atoms with Gasteiger partial charge < -0.3 is 15.5 Å². The summed E-state index contributed by atoms with van der Waals surface area (Å²) in [6, 6.07) is 10.7. The SMILES string of the molecule is Cc1cccc(C(=O)N[C@@H](C(=O)NC2CC2)C2CCN(C(=O)c3ccc(C(F)(F)F)cc3)CC2)c1. The molecule has 0 radical (unpaired) electrons. The van der Waals surface area contributed by atoms with Crippen molar-refractivity contribution in [2.75, 3.05) is 13.1 Å². The number of nitrogens with zero attached hydrogens (tertiary/aromatic N) is 1. The van der Waals surface area contributed by atoms with Crippen LogP contribution in [0.4, 0.5) is 13.2 Å². The first kappa shape index (κ1) is 24.8. The number of hydrogen-bond donors (Lipinski definition) is 2. The minimum Gasteiger partial charge on any atom is -0.352 e. The van der Waals surface area contributed by atoms with Gasteiger partial charge in [0.15, 0.2) is 0 Å². The molecule has 4 rings (SSSR count). The predicted molar refractivity (Wildman–Crippen MR) is 124 cm³/mol. The molecule has 1 saturated heterocycles. The summed E-state index contributed by atoms with van der Waals surface area (Å²) in [7, 11) is 0. The van der Waals surface area contributed by atoms with Crippen molar-refractivity contribution in [1.29, 1.82) is 0 Å². The fourth-order valence-electron chi connectivity index (χ4n) is 4.35. The number of hydrogen-bond acceptors (Lipinski definition) is 3. The number of carbonyl (C=O) groups excluding carboxylic acids is 3. The second-order valence-electron chi connectivity index (χ2n) is 9.31. The second kappa shape index (κ2) is 10.1. The molecule has 0 unspecified atom stereocenters. The second-order valence-corrected chi connectivity index (χ2v) is 9.31. The number of likely N-dealkylation sites (tertiary alicyclic amines) is 1. The van der Waals surface area contributed by atoms with Crippen LogP contribution in [0.15, 0.2) is 48.5 Å². The van der Waals surface area contributed by atoms with Crippen LogP contribution in [0.1, 0.15) is 57.5 Å². The molecule has 1 atom stereocenters. The van der Waals surface area contributed by atoms with Gasteiger partial charge in [0.2, 0.25) is 5.91 Å². The summed E-state index contributed by atoms with van der Waals surface area (Å²) < 4.78 is 38.4. The molecule has 0 spiro atoms. The number of nitrogens with one attached hydrogen (secondary N) is 2. The summed E-state index contributed by atoms with van der Waals surface area (Å²) in [5.41, 5.74) is 0.796. The lowest BCUT2D eigenvalue weighted by molar-refractivity contribution is -0.137. The molecule has 2 aromatic rings. The van der Waals surface area contributed by atoms with E-state index in [1.54, 1.807) is 23.1 Å². The highest BCUT2D eigenvalue weighted by Crippen LogP contribution is 2.30. The topological polar surface area (TPSA) is 78.5 Å². The summed E-state index contributed by atoms with van der Waals surface area (Å²) in [5.74, 6) is -1.06. The van der Waals surface area contributed by atoms with Crippen LogP contribution in [0.25, 0.3) is 0 Å². The molecule has 9 heteroatoms. The van der Waals surface area contributed by atoms with Crippen molar-refractivity contribution >= 4 is 17.7 Å². The van der Waals surface area contributed by atoms with Crippen LogP contribution < -0.4 is 10.6 Å². The normalized spacial score (nSPS) is 17.5. The van der Waals surface area contributed by atoms with Crippen molar-refractivity contribution in [3.63, 3.8) is 0 Å². The van der Waals surface area contributed by atoms with Crippen molar-refractivity contribution in [1.82, 2.24) is 15.5 Å². The first-order valence-electron chi connectivity index (χ1n) is 11.8. The van der Waals surface area contributed by atoms with E-state index in [4.69, 9.17) is 0 Å². The van der Waals surface area contributed by atoms with E-state index in [9.17, 15) is 27.6 Å². The van der Waals surface area contributed by atoms with Crippen LogP contribution in [0.5, 0.6) is 0 Å². The average molecular weight is 488 g/mol. The fraction of sp³-hybridized carbons (Fsp3) is 0.423. The maximum Gasteiger partial charge on any atom is 0.416 e. The lowest BCUT2D eigenvalue weighted by Crippen LogP contribution is -2.54. The van der Waals surface area contributed by atoms with Gasteiger partial charge in [-0.25, -0.2) is 0 Å². The minimum atomic E-state index is -4.46. The molecule has 3 amide bonds. The van der Waals surface area contributed by atoms with Gasteiger partial charge in [-0.05, 0) is 74.9 Å². The zero-order valence-corrected chi connectivity index (χ0v) is 19.4. The first-order valence-corrected chi connectivity index (χ1v) is 11.8. The maximum atomic E-state index is 13.0. The Morgan fingerprint density at radius 2 is 1.60 bits per heavy atom. The third-order valence-corrected chi connectivity index (χ3v) is 6.53. The van der Waals surface area contributed by atoms with Gasteiger partial charge in [-0.3, -0.25) is 14.4 Å². The molecule has 2 aliphatic rings. The Bertz CT molecular complexity index is 1090. The molecular formula is C26H28F3N3O3. The van der Waals surface area contributed by atoms with Crippen LogP contribution >= 0.6 is 0 Å². The van der Waals surface area contributed by atoms with Crippen LogP contribution in [0.2, 0.25) is 0 Å². The van der Waals surface area contributed by atoms with E-state index in [0.717, 1.165) is 30.5 Å². The Morgan fingerprint density at radius 1 is 0.943 bits per heavy atom. The molecule has 1 aliphatic carbocycles. The molecule has 1 heterocycles. The van der Waals surface area contributed by atoms with Crippen LogP contribution in [-0.4, -0.2) is 47.8 Å². The maximum absolute atomic E-state index is 13.0. The third-order valence-electron chi connectivity index (χ3n) is 6.53. The molecule has 2 fully saturated rings. The quantitative estimate of drug-likeness (QED) is 0.648. The number of aryl methyl sites for hydroxylation is 1. The Kier molecular flexibility index (Phi) is 7.14. The van der Waals surface area contributed by atoms with Crippen molar-refractivity contribution in [3.05, 3.63) is 70.8 Å². The van der Waals surface area contributed by atoms with Gasteiger partial charge >= 0.3 is 6.18 Å². The highest BCUT2D eigenvalue weighted by Gasteiger charge is 2.36. The Labute approximate surface area is 201 Å². The monoisotopic (exact) mass is 487 g/mol. The molecule has 2 N–H and O–H groups in total. The van der Waals surface area contributed by atoms with Crippen molar-refractivity contribution in [3.8, 4) is 0 Å². The summed E-state index contributed by atoms with van der Waals surface area (Å²) in [6.45, 7) is 2.58. The van der Waals surface area contributed by atoms with Gasteiger partial charge in [-0.15, -0.1) is 0 Å². The van der Waals surface area contributed by atoms with E-state index in [2.05, 4.69) is 10.6 Å². The van der Waals surface area contributed by atoms with Gasteiger partial charge in [-0.2, -0.15) is 13.2 Å². The molecular weight excluding hydrogens is 459 g/mol. The number of halogens is 3. The average Bonchev–Trinajstić information content (AvgIpc) is 3.65. The number of alkyl halides is 3. The molecule has 2 aromatic carbocycles. The van der Waals surface area contributed by atoms with Gasteiger partial charge in [0.05, 0.1) is 5.56 Å². The van der Waals surface area contributed by atoms with E-state index in [-0.39, 0.29) is 35.2 Å². The van der Waals surface area contributed by atoms with Gasteiger partial charge in [0.25, 0.3) is 11.8 Å². The number of amides is 3. The lowest BCUT2D eigenvalue weighted by atomic mass is 9.88. The predicted octanol–water partition coefficient (Wildman–Crippen LogP) is 3.94. The fourth-order valence-corrected chi connectivity index (χ4v) is 4.35. The van der Waals surface area contributed by atoms with Crippen molar-refractivity contribution in [2.45, 2.75) is 50.9 Å². The van der Waals surface area contributed by atoms with E-state index >= 15 is 0 Å². The number of rotatable bonds is 6. The van der Waals surface area contributed by atoms with Gasteiger partial charge in [-0.1, -0.05) is 17.7 Å². The van der Waals surface area contributed by atoms with Crippen LogP contribution in [-0.2, 0) is 11.0 Å². The van der Waals surface area contributed by atoms with Crippen LogP contribution in [0.3, 0.4) is 0 Å². The van der Waals surface area contributed by atoms with Crippen molar-refractivity contribution in [2.24, 2.45) is 5.92 Å². The molecule has 0 bridgehead atoms. The number of benzene rings is 2. The molecule has 186 valence electrons. The largest absolute Gasteiger partial charge is 0.416 e.